The molecule has 2 aromatic rings. The largest absolute Gasteiger partial charge is 0.494 e. The number of fused-ring (bicyclic) bond motifs is 3. The predicted molar refractivity (Wildman–Crippen MR) is 105 cm³/mol. The van der Waals surface area contributed by atoms with Crippen molar-refractivity contribution in [1.82, 2.24) is 0 Å². The third-order valence-corrected chi connectivity index (χ3v) is 5.84. The first-order chi connectivity index (χ1) is 12.8. The van der Waals surface area contributed by atoms with Crippen molar-refractivity contribution in [1.29, 1.82) is 0 Å². The van der Waals surface area contributed by atoms with E-state index >= 15 is 0 Å². The molecule has 0 bridgehead atoms. The number of methoxy groups -OCH3 is 1. The molecule has 0 saturated carbocycles. The Morgan fingerprint density at radius 1 is 1.19 bits per heavy atom. The summed E-state index contributed by atoms with van der Waals surface area (Å²) in [7, 11) is -1.57. The van der Waals surface area contributed by atoms with Gasteiger partial charge in [-0.1, -0.05) is 12.1 Å². The third-order valence-electron chi connectivity index (χ3n) is 4.81. The molecule has 5 nitrogen and oxygen atoms in total. The zero-order chi connectivity index (χ0) is 19.6. The van der Waals surface area contributed by atoms with E-state index in [2.05, 4.69) is 0 Å². The van der Waals surface area contributed by atoms with Gasteiger partial charge in [0.05, 0.1) is 25.0 Å². The van der Waals surface area contributed by atoms with E-state index in [9.17, 15) is 13.2 Å². The molecule has 144 valence electrons. The molecule has 0 heterocycles. The van der Waals surface area contributed by atoms with Crippen LogP contribution in [0.2, 0.25) is 0 Å². The van der Waals surface area contributed by atoms with Crippen LogP contribution in [0.1, 0.15) is 33.5 Å². The van der Waals surface area contributed by atoms with E-state index in [4.69, 9.17) is 9.47 Å². The monoisotopic (exact) mass is 388 g/mol. The average Bonchev–Trinajstić information content (AvgIpc) is 2.62. The molecule has 0 aliphatic heterocycles. The molecule has 1 aliphatic carbocycles. The number of esters is 1. The van der Waals surface area contributed by atoms with Gasteiger partial charge in [-0.2, -0.15) is 0 Å². The van der Waals surface area contributed by atoms with E-state index in [0.29, 0.717) is 18.6 Å². The fourth-order valence-corrected chi connectivity index (χ4v) is 4.29. The standard InChI is InChI=1S/C21H24O5S/c1-14-12-16(26-10-5-11-27(3,23)24)13-15-8-9-17-18(20(14)15)6-4-7-19(17)21(22)25-2/h4,6-7,12-13H,5,8-11H2,1-3H3. The summed E-state index contributed by atoms with van der Waals surface area (Å²) < 4.78 is 33.1. The highest BCUT2D eigenvalue weighted by atomic mass is 32.2. The van der Waals surface area contributed by atoms with Gasteiger partial charge in [-0.15, -0.1) is 0 Å². The zero-order valence-corrected chi connectivity index (χ0v) is 16.7. The molecule has 6 heteroatoms. The quantitative estimate of drug-likeness (QED) is 0.561. The predicted octanol–water partition coefficient (Wildman–Crippen LogP) is 3.36. The van der Waals surface area contributed by atoms with Crippen molar-refractivity contribution in [2.24, 2.45) is 0 Å². The summed E-state index contributed by atoms with van der Waals surface area (Å²) in [6, 6.07) is 9.73. The van der Waals surface area contributed by atoms with Crippen molar-refractivity contribution in [2.45, 2.75) is 26.2 Å². The topological polar surface area (TPSA) is 69.7 Å². The molecular weight excluding hydrogens is 364 g/mol. The van der Waals surface area contributed by atoms with Crippen LogP contribution >= 0.6 is 0 Å². The maximum absolute atomic E-state index is 12.1. The molecule has 0 unspecified atom stereocenters. The summed E-state index contributed by atoms with van der Waals surface area (Å²) in [5, 5.41) is 0. The summed E-state index contributed by atoms with van der Waals surface area (Å²) in [5.74, 6) is 0.576. The zero-order valence-electron chi connectivity index (χ0n) is 15.9. The van der Waals surface area contributed by atoms with Gasteiger partial charge in [-0.25, -0.2) is 13.2 Å². The van der Waals surface area contributed by atoms with Gasteiger partial charge < -0.3 is 9.47 Å². The van der Waals surface area contributed by atoms with Crippen molar-refractivity contribution in [3.8, 4) is 16.9 Å². The molecule has 0 atom stereocenters. The van der Waals surface area contributed by atoms with E-state index in [-0.39, 0.29) is 11.7 Å². The van der Waals surface area contributed by atoms with Gasteiger partial charge in [-0.05, 0) is 72.2 Å². The molecule has 0 radical (unpaired) electrons. The van der Waals surface area contributed by atoms with Crippen LogP contribution in [0, 0.1) is 6.92 Å². The molecule has 0 saturated heterocycles. The summed E-state index contributed by atoms with van der Waals surface area (Å²) >= 11 is 0. The second kappa shape index (κ2) is 7.72. The first-order valence-corrected chi connectivity index (χ1v) is 11.0. The lowest BCUT2D eigenvalue weighted by Crippen LogP contribution is -2.13. The Morgan fingerprint density at radius 2 is 1.96 bits per heavy atom. The number of rotatable bonds is 6. The number of hydrogen-bond acceptors (Lipinski definition) is 5. The Labute approximate surface area is 160 Å². The van der Waals surface area contributed by atoms with Crippen LogP contribution in [0.5, 0.6) is 5.75 Å². The van der Waals surface area contributed by atoms with Crippen molar-refractivity contribution in [3.63, 3.8) is 0 Å². The van der Waals surface area contributed by atoms with Gasteiger partial charge in [0.25, 0.3) is 0 Å². The van der Waals surface area contributed by atoms with Gasteiger partial charge in [0.2, 0.25) is 0 Å². The highest BCUT2D eigenvalue weighted by Gasteiger charge is 2.23. The lowest BCUT2D eigenvalue weighted by atomic mass is 9.81. The number of carbonyl (C=O) groups is 1. The Morgan fingerprint density at radius 3 is 2.67 bits per heavy atom. The van der Waals surface area contributed by atoms with Crippen LogP contribution in [0.15, 0.2) is 30.3 Å². The fourth-order valence-electron chi connectivity index (χ4n) is 3.65. The summed E-state index contributed by atoms with van der Waals surface area (Å²) in [6.07, 6.45) is 3.29. The minimum absolute atomic E-state index is 0.126. The molecule has 0 aromatic heterocycles. The first kappa shape index (κ1) is 19.4. The second-order valence-corrected chi connectivity index (χ2v) is 9.19. The normalized spacial score (nSPS) is 12.9. The van der Waals surface area contributed by atoms with Crippen molar-refractivity contribution in [2.75, 3.05) is 25.7 Å². The minimum atomic E-state index is -2.97. The van der Waals surface area contributed by atoms with Gasteiger partial charge in [0, 0.05) is 6.26 Å². The van der Waals surface area contributed by atoms with E-state index in [1.54, 1.807) is 0 Å². The maximum Gasteiger partial charge on any atom is 0.338 e. The average molecular weight is 388 g/mol. The van der Waals surface area contributed by atoms with Gasteiger partial charge >= 0.3 is 5.97 Å². The lowest BCUT2D eigenvalue weighted by molar-refractivity contribution is 0.0599. The smallest absolute Gasteiger partial charge is 0.338 e. The molecule has 3 rings (SSSR count). The van der Waals surface area contributed by atoms with Crippen molar-refractivity contribution < 1.29 is 22.7 Å². The third kappa shape index (κ3) is 4.33. The van der Waals surface area contributed by atoms with Crippen LogP contribution in [0.3, 0.4) is 0 Å². The highest BCUT2D eigenvalue weighted by Crippen LogP contribution is 2.39. The number of carbonyl (C=O) groups excluding carboxylic acids is 1. The molecule has 1 aliphatic rings. The van der Waals surface area contributed by atoms with E-state index in [0.717, 1.165) is 40.8 Å². The molecular formula is C21H24O5S. The number of hydrogen-bond donors (Lipinski definition) is 0. The Kier molecular flexibility index (Phi) is 5.56. The number of ether oxygens (including phenoxy) is 2. The number of benzene rings is 2. The highest BCUT2D eigenvalue weighted by molar-refractivity contribution is 7.90. The van der Waals surface area contributed by atoms with Crippen LogP contribution in [-0.4, -0.2) is 40.1 Å². The Balaban J connectivity index is 1.87. The number of aryl methyl sites for hydroxylation is 2. The summed E-state index contributed by atoms with van der Waals surface area (Å²) in [4.78, 5) is 12.1. The van der Waals surface area contributed by atoms with Gasteiger partial charge in [-0.3, -0.25) is 0 Å². The Bertz CT molecular complexity index is 976. The summed E-state index contributed by atoms with van der Waals surface area (Å²) in [5.41, 5.74) is 6.13. The molecule has 0 fully saturated rings. The van der Waals surface area contributed by atoms with Crippen LogP contribution < -0.4 is 4.74 Å². The molecule has 27 heavy (non-hydrogen) atoms. The Hall–Kier alpha value is -2.34. The van der Waals surface area contributed by atoms with Crippen LogP contribution in [0.4, 0.5) is 0 Å². The molecule has 0 amide bonds. The van der Waals surface area contributed by atoms with Crippen molar-refractivity contribution in [3.05, 3.63) is 52.6 Å². The maximum atomic E-state index is 12.1. The summed E-state index contributed by atoms with van der Waals surface area (Å²) in [6.45, 7) is 2.40. The van der Waals surface area contributed by atoms with E-state index in [1.807, 2.05) is 37.3 Å². The lowest BCUT2D eigenvalue weighted by Gasteiger charge is -2.24. The van der Waals surface area contributed by atoms with E-state index in [1.165, 1.54) is 18.9 Å². The number of sulfone groups is 1. The minimum Gasteiger partial charge on any atom is -0.494 e. The fraction of sp³-hybridized carbons (Fsp3) is 0.381. The second-order valence-electron chi connectivity index (χ2n) is 6.93. The first-order valence-electron chi connectivity index (χ1n) is 8.95. The molecule has 0 N–H and O–H groups in total. The van der Waals surface area contributed by atoms with E-state index < -0.39 is 9.84 Å². The van der Waals surface area contributed by atoms with Gasteiger partial charge in [0.15, 0.2) is 0 Å². The van der Waals surface area contributed by atoms with Crippen LogP contribution in [-0.2, 0) is 27.4 Å². The molecule has 2 aromatic carbocycles. The molecule has 0 spiro atoms. The van der Waals surface area contributed by atoms with Gasteiger partial charge in [0.1, 0.15) is 15.6 Å². The SMILES string of the molecule is COC(=O)c1cccc2c1CCc1cc(OCCCS(C)(=O)=O)cc(C)c1-2. The van der Waals surface area contributed by atoms with Crippen molar-refractivity contribution >= 4 is 15.8 Å². The van der Waals surface area contributed by atoms with Crippen LogP contribution in [0.25, 0.3) is 11.1 Å².